The van der Waals surface area contributed by atoms with E-state index < -0.39 is 10.9 Å². The van der Waals surface area contributed by atoms with Gasteiger partial charge in [-0.3, -0.25) is 10.1 Å². The van der Waals surface area contributed by atoms with Gasteiger partial charge in [0.2, 0.25) is 0 Å². The van der Waals surface area contributed by atoms with E-state index in [2.05, 4.69) is 14.8 Å². The zero-order valence-electron chi connectivity index (χ0n) is 10.5. The molecule has 0 unspecified atom stereocenters. The number of methoxy groups -OCH3 is 1. The Kier molecular flexibility index (Phi) is 5.49. The van der Waals surface area contributed by atoms with Crippen molar-refractivity contribution in [3.8, 4) is 0 Å². The number of carbonyl (C=O) groups excluding carboxylic acids is 1. The van der Waals surface area contributed by atoms with Crippen LogP contribution in [0.1, 0.15) is 5.56 Å². The van der Waals surface area contributed by atoms with Crippen LogP contribution < -0.4 is 0 Å². The van der Waals surface area contributed by atoms with Crippen molar-refractivity contribution < 1.29 is 14.5 Å². The van der Waals surface area contributed by atoms with E-state index in [0.717, 1.165) is 7.11 Å². The quantitative estimate of drug-likeness (QED) is 0.120. The molecule has 0 aliphatic heterocycles. The SMILES string of the molecule is COC(=O)/C(=C/C=C/c1cccc([N+](=O)[O-])c1)N=[N+]=[N-]. The molecule has 0 aromatic heterocycles. The van der Waals surface area contributed by atoms with Crippen LogP contribution in [-0.4, -0.2) is 18.0 Å². The summed E-state index contributed by atoms with van der Waals surface area (Å²) in [6.07, 6.45) is 4.22. The average molecular weight is 274 g/mol. The number of non-ortho nitro benzene ring substituents is 1. The van der Waals surface area contributed by atoms with Gasteiger partial charge in [-0.15, -0.1) is 0 Å². The zero-order chi connectivity index (χ0) is 15.0. The lowest BCUT2D eigenvalue weighted by atomic mass is 10.2. The molecule has 0 spiro atoms. The van der Waals surface area contributed by atoms with Gasteiger partial charge in [0.25, 0.3) is 5.69 Å². The molecule has 8 heteroatoms. The first-order chi connectivity index (χ1) is 9.58. The summed E-state index contributed by atoms with van der Waals surface area (Å²) < 4.78 is 4.42. The molecule has 1 rings (SSSR count). The van der Waals surface area contributed by atoms with Crippen molar-refractivity contribution in [3.63, 3.8) is 0 Å². The van der Waals surface area contributed by atoms with Crippen LogP contribution in [0.2, 0.25) is 0 Å². The van der Waals surface area contributed by atoms with Gasteiger partial charge in [0.05, 0.1) is 12.0 Å². The lowest BCUT2D eigenvalue weighted by Crippen LogP contribution is -2.01. The molecular weight excluding hydrogens is 264 g/mol. The van der Waals surface area contributed by atoms with Gasteiger partial charge in [-0.05, 0) is 17.2 Å². The number of nitrogens with zero attached hydrogens (tertiary/aromatic N) is 4. The van der Waals surface area contributed by atoms with Crippen molar-refractivity contribution in [3.05, 3.63) is 68.2 Å². The Morgan fingerprint density at radius 3 is 2.90 bits per heavy atom. The third kappa shape index (κ3) is 4.28. The van der Waals surface area contributed by atoms with E-state index in [1.165, 1.54) is 36.4 Å². The topological polar surface area (TPSA) is 118 Å². The van der Waals surface area contributed by atoms with Crippen molar-refractivity contribution in [2.24, 2.45) is 5.11 Å². The van der Waals surface area contributed by atoms with Crippen molar-refractivity contribution in [2.75, 3.05) is 7.11 Å². The fourth-order valence-electron chi connectivity index (χ4n) is 1.29. The second kappa shape index (κ2) is 7.34. The van der Waals surface area contributed by atoms with E-state index >= 15 is 0 Å². The lowest BCUT2D eigenvalue weighted by Gasteiger charge is -1.96. The molecule has 0 heterocycles. The molecule has 1 aromatic carbocycles. The number of carbonyl (C=O) groups is 1. The maximum absolute atomic E-state index is 11.2. The van der Waals surface area contributed by atoms with Gasteiger partial charge in [-0.2, -0.15) is 0 Å². The van der Waals surface area contributed by atoms with Crippen LogP contribution in [0.3, 0.4) is 0 Å². The van der Waals surface area contributed by atoms with Crippen LogP contribution >= 0.6 is 0 Å². The molecule has 0 bridgehead atoms. The fourth-order valence-corrected chi connectivity index (χ4v) is 1.29. The maximum Gasteiger partial charge on any atom is 0.340 e. The molecule has 102 valence electrons. The number of hydrogen-bond acceptors (Lipinski definition) is 5. The minimum Gasteiger partial charge on any atom is -0.466 e. The van der Waals surface area contributed by atoms with Crippen LogP contribution in [-0.2, 0) is 9.53 Å². The van der Waals surface area contributed by atoms with E-state index in [1.807, 2.05) is 0 Å². The third-order valence-corrected chi connectivity index (χ3v) is 2.17. The highest BCUT2D eigenvalue weighted by molar-refractivity contribution is 5.88. The van der Waals surface area contributed by atoms with Crippen LogP contribution in [0.25, 0.3) is 16.5 Å². The number of azide groups is 1. The summed E-state index contributed by atoms with van der Waals surface area (Å²) in [7, 11) is 1.16. The fraction of sp³-hybridized carbons (Fsp3) is 0.0833. The molecule has 8 nitrogen and oxygen atoms in total. The first-order valence-electron chi connectivity index (χ1n) is 5.34. The standard InChI is InChI=1S/C12H10N4O4/c1-20-12(17)11(14-15-13)7-3-5-9-4-2-6-10(8-9)16(18)19/h2-8H,1H3/b5-3+,11-7-. The Balaban J connectivity index is 2.96. The number of allylic oxidation sites excluding steroid dienone is 2. The second-order valence-corrected chi connectivity index (χ2v) is 3.44. The summed E-state index contributed by atoms with van der Waals surface area (Å²) in [5.41, 5.74) is 8.62. The van der Waals surface area contributed by atoms with E-state index in [4.69, 9.17) is 5.53 Å². The van der Waals surface area contributed by atoms with Gasteiger partial charge >= 0.3 is 5.97 Å². The normalized spacial score (nSPS) is 10.9. The number of ether oxygens (including phenoxy) is 1. The van der Waals surface area contributed by atoms with Crippen LogP contribution in [0.15, 0.2) is 47.2 Å². The number of nitro benzene ring substituents is 1. The van der Waals surface area contributed by atoms with Gasteiger partial charge in [-0.25, -0.2) is 4.79 Å². The highest BCUT2D eigenvalue weighted by Crippen LogP contribution is 2.14. The minimum atomic E-state index is -0.772. The highest BCUT2D eigenvalue weighted by Gasteiger charge is 2.05. The summed E-state index contributed by atoms with van der Waals surface area (Å²) in [5, 5.41) is 13.8. The predicted molar refractivity (Wildman–Crippen MR) is 71.4 cm³/mol. The Bertz CT molecular complexity index is 630. The van der Waals surface area contributed by atoms with Gasteiger partial charge < -0.3 is 4.74 Å². The Morgan fingerprint density at radius 2 is 2.30 bits per heavy atom. The molecule has 0 N–H and O–H groups in total. The van der Waals surface area contributed by atoms with E-state index in [9.17, 15) is 14.9 Å². The van der Waals surface area contributed by atoms with E-state index in [0.29, 0.717) is 5.56 Å². The smallest absolute Gasteiger partial charge is 0.340 e. The van der Waals surface area contributed by atoms with Crippen LogP contribution in [0.5, 0.6) is 0 Å². The van der Waals surface area contributed by atoms with Crippen molar-refractivity contribution >= 4 is 17.7 Å². The van der Waals surface area contributed by atoms with Gasteiger partial charge in [0, 0.05) is 17.0 Å². The van der Waals surface area contributed by atoms with Gasteiger partial charge in [0.1, 0.15) is 5.70 Å². The number of benzene rings is 1. The molecule has 0 saturated heterocycles. The Morgan fingerprint density at radius 1 is 1.55 bits per heavy atom. The Labute approximate surface area is 113 Å². The third-order valence-electron chi connectivity index (χ3n) is 2.17. The zero-order valence-corrected chi connectivity index (χ0v) is 10.5. The molecule has 0 amide bonds. The second-order valence-electron chi connectivity index (χ2n) is 3.44. The lowest BCUT2D eigenvalue weighted by molar-refractivity contribution is -0.384. The molecule has 1 aromatic rings. The summed E-state index contributed by atoms with van der Waals surface area (Å²) in [4.78, 5) is 23.8. The summed E-state index contributed by atoms with van der Waals surface area (Å²) in [5.74, 6) is -0.772. The van der Waals surface area contributed by atoms with Gasteiger partial charge in [0.15, 0.2) is 0 Å². The Hall–Kier alpha value is -3.12. The van der Waals surface area contributed by atoms with Crippen molar-refractivity contribution in [1.29, 1.82) is 0 Å². The summed E-state index contributed by atoms with van der Waals surface area (Å²) >= 11 is 0. The average Bonchev–Trinajstić information content (AvgIpc) is 2.46. The van der Waals surface area contributed by atoms with Gasteiger partial charge in [-0.1, -0.05) is 29.4 Å². The molecule has 0 aliphatic carbocycles. The molecular formula is C12H10N4O4. The van der Waals surface area contributed by atoms with E-state index in [-0.39, 0.29) is 11.4 Å². The van der Waals surface area contributed by atoms with Crippen LogP contribution in [0, 0.1) is 10.1 Å². The molecule has 0 aliphatic rings. The maximum atomic E-state index is 11.2. The highest BCUT2D eigenvalue weighted by atomic mass is 16.6. The molecule has 0 saturated carbocycles. The molecule has 0 atom stereocenters. The van der Waals surface area contributed by atoms with Crippen molar-refractivity contribution in [1.82, 2.24) is 0 Å². The number of hydrogen-bond donors (Lipinski definition) is 0. The first-order valence-corrected chi connectivity index (χ1v) is 5.34. The minimum absolute atomic E-state index is 0.0423. The molecule has 20 heavy (non-hydrogen) atoms. The summed E-state index contributed by atoms with van der Waals surface area (Å²) in [6.45, 7) is 0. The number of nitro groups is 1. The molecule has 0 fully saturated rings. The summed E-state index contributed by atoms with van der Waals surface area (Å²) in [6, 6.07) is 5.93. The van der Waals surface area contributed by atoms with Crippen molar-refractivity contribution in [2.45, 2.75) is 0 Å². The first kappa shape index (κ1) is 14.9. The number of esters is 1. The monoisotopic (exact) mass is 274 g/mol. The molecule has 0 radical (unpaired) electrons. The predicted octanol–water partition coefficient (Wildman–Crippen LogP) is 2.98. The largest absolute Gasteiger partial charge is 0.466 e. The van der Waals surface area contributed by atoms with E-state index in [1.54, 1.807) is 6.07 Å². The number of rotatable bonds is 5. The van der Waals surface area contributed by atoms with Crippen LogP contribution in [0.4, 0.5) is 5.69 Å².